The molecule has 0 aromatic carbocycles. The Bertz CT molecular complexity index is 206. The van der Waals surface area contributed by atoms with Crippen LogP contribution in [0, 0.1) is 5.92 Å². The monoisotopic (exact) mass is 169 g/mol. The van der Waals surface area contributed by atoms with Crippen LogP contribution in [0.2, 0.25) is 0 Å². The standard InChI is InChI=1S/C8H15N3O/c1-9-11-4-6-3-8(12)10(2)7(6)5-11/h6-7,9H,3-5H2,1-2H3/t6-,7+/m0/s1. The molecule has 12 heavy (non-hydrogen) atoms. The Morgan fingerprint density at radius 2 is 2.25 bits per heavy atom. The van der Waals surface area contributed by atoms with E-state index in [9.17, 15) is 4.79 Å². The lowest BCUT2D eigenvalue weighted by Crippen LogP contribution is -2.38. The average molecular weight is 169 g/mol. The molecule has 2 aliphatic heterocycles. The number of hydrogen-bond acceptors (Lipinski definition) is 3. The molecular formula is C8H15N3O. The lowest BCUT2D eigenvalue weighted by atomic mass is 10.1. The fraction of sp³-hybridized carbons (Fsp3) is 0.875. The van der Waals surface area contributed by atoms with E-state index in [-0.39, 0.29) is 0 Å². The van der Waals surface area contributed by atoms with Gasteiger partial charge >= 0.3 is 0 Å². The Kier molecular flexibility index (Phi) is 1.81. The number of hydrazine groups is 1. The van der Waals surface area contributed by atoms with Gasteiger partial charge in [-0.3, -0.25) is 10.2 Å². The molecule has 2 heterocycles. The number of likely N-dealkylation sites (N-methyl/N-ethyl adjacent to an activating group) is 1. The van der Waals surface area contributed by atoms with Gasteiger partial charge in [0.2, 0.25) is 5.91 Å². The number of nitrogens with one attached hydrogen (secondary N) is 1. The van der Waals surface area contributed by atoms with Gasteiger partial charge in [0, 0.05) is 32.5 Å². The van der Waals surface area contributed by atoms with Crippen LogP contribution in [-0.2, 0) is 4.79 Å². The van der Waals surface area contributed by atoms with Crippen LogP contribution in [0.5, 0.6) is 0 Å². The van der Waals surface area contributed by atoms with E-state index in [1.165, 1.54) is 0 Å². The number of fused-ring (bicyclic) bond motifs is 1. The van der Waals surface area contributed by atoms with Gasteiger partial charge in [-0.25, -0.2) is 5.01 Å². The van der Waals surface area contributed by atoms with Gasteiger partial charge in [-0.2, -0.15) is 0 Å². The van der Waals surface area contributed by atoms with E-state index in [0.29, 0.717) is 17.9 Å². The predicted molar refractivity (Wildman–Crippen MR) is 45.3 cm³/mol. The van der Waals surface area contributed by atoms with Crippen LogP contribution in [0.15, 0.2) is 0 Å². The minimum Gasteiger partial charge on any atom is -0.341 e. The second-order valence-corrected chi connectivity index (χ2v) is 3.66. The molecule has 68 valence electrons. The fourth-order valence-electron chi connectivity index (χ4n) is 2.23. The smallest absolute Gasteiger partial charge is 0.223 e. The van der Waals surface area contributed by atoms with Gasteiger partial charge in [0.25, 0.3) is 0 Å². The quantitative estimate of drug-likeness (QED) is 0.563. The molecule has 0 unspecified atom stereocenters. The highest BCUT2D eigenvalue weighted by molar-refractivity contribution is 5.79. The minimum absolute atomic E-state index is 0.306. The van der Waals surface area contributed by atoms with Gasteiger partial charge < -0.3 is 4.90 Å². The van der Waals surface area contributed by atoms with Crippen molar-refractivity contribution in [1.82, 2.24) is 15.3 Å². The molecule has 2 rings (SSSR count). The van der Waals surface area contributed by atoms with Crippen molar-refractivity contribution < 1.29 is 4.79 Å². The average Bonchev–Trinajstić information content (AvgIpc) is 2.55. The van der Waals surface area contributed by atoms with E-state index in [0.717, 1.165) is 19.5 Å². The topological polar surface area (TPSA) is 35.6 Å². The third-order valence-corrected chi connectivity index (χ3v) is 3.05. The summed E-state index contributed by atoms with van der Waals surface area (Å²) in [7, 11) is 3.84. The largest absolute Gasteiger partial charge is 0.341 e. The maximum Gasteiger partial charge on any atom is 0.223 e. The summed E-state index contributed by atoms with van der Waals surface area (Å²) < 4.78 is 0. The Morgan fingerprint density at radius 1 is 1.50 bits per heavy atom. The Morgan fingerprint density at radius 3 is 2.83 bits per heavy atom. The number of rotatable bonds is 1. The van der Waals surface area contributed by atoms with Crippen molar-refractivity contribution in [2.45, 2.75) is 12.5 Å². The summed E-state index contributed by atoms with van der Waals surface area (Å²) in [5, 5.41) is 2.18. The molecule has 2 atom stereocenters. The number of carbonyl (C=O) groups is 1. The lowest BCUT2D eigenvalue weighted by molar-refractivity contribution is -0.128. The molecule has 0 aromatic rings. The molecule has 2 aliphatic rings. The Hall–Kier alpha value is -0.610. The Balaban J connectivity index is 2.06. The highest BCUT2D eigenvalue weighted by atomic mass is 16.2. The molecule has 0 aromatic heterocycles. The molecule has 4 nitrogen and oxygen atoms in total. The lowest BCUT2D eigenvalue weighted by Gasteiger charge is -2.19. The number of carbonyl (C=O) groups excluding carboxylic acids is 1. The molecule has 4 heteroatoms. The van der Waals surface area contributed by atoms with Crippen LogP contribution in [0.25, 0.3) is 0 Å². The summed E-state index contributed by atoms with van der Waals surface area (Å²) in [6, 6.07) is 0.449. The maximum absolute atomic E-state index is 11.3. The van der Waals surface area contributed by atoms with Crippen molar-refractivity contribution in [3.05, 3.63) is 0 Å². The van der Waals surface area contributed by atoms with Crippen LogP contribution in [0.3, 0.4) is 0 Å². The van der Waals surface area contributed by atoms with Crippen molar-refractivity contribution in [1.29, 1.82) is 0 Å². The Labute approximate surface area is 72.5 Å². The van der Waals surface area contributed by atoms with E-state index in [1.54, 1.807) is 0 Å². The van der Waals surface area contributed by atoms with E-state index in [1.807, 2.05) is 19.0 Å². The van der Waals surface area contributed by atoms with Crippen molar-refractivity contribution >= 4 is 5.91 Å². The van der Waals surface area contributed by atoms with Crippen LogP contribution in [0.1, 0.15) is 6.42 Å². The van der Waals surface area contributed by atoms with Crippen LogP contribution < -0.4 is 5.43 Å². The molecule has 1 amide bonds. The normalized spacial score (nSPS) is 36.2. The third kappa shape index (κ3) is 1.03. The predicted octanol–water partition coefficient (Wildman–Crippen LogP) is -0.717. The molecule has 1 N–H and O–H groups in total. The van der Waals surface area contributed by atoms with E-state index >= 15 is 0 Å². The zero-order chi connectivity index (χ0) is 8.72. The minimum atomic E-state index is 0.306. The maximum atomic E-state index is 11.3. The number of hydrogen-bond donors (Lipinski definition) is 1. The first-order valence-corrected chi connectivity index (χ1v) is 4.40. The van der Waals surface area contributed by atoms with Gasteiger partial charge in [0.1, 0.15) is 0 Å². The molecular weight excluding hydrogens is 154 g/mol. The van der Waals surface area contributed by atoms with Gasteiger partial charge in [-0.15, -0.1) is 0 Å². The first-order chi connectivity index (χ1) is 5.72. The van der Waals surface area contributed by atoms with Crippen LogP contribution >= 0.6 is 0 Å². The summed E-state index contributed by atoms with van der Waals surface area (Å²) in [5.41, 5.74) is 3.12. The third-order valence-electron chi connectivity index (χ3n) is 3.05. The summed E-state index contributed by atoms with van der Waals surface area (Å²) in [4.78, 5) is 13.2. The first kappa shape index (κ1) is 8.01. The number of amides is 1. The fourth-order valence-corrected chi connectivity index (χ4v) is 2.23. The van der Waals surface area contributed by atoms with Crippen LogP contribution in [0.4, 0.5) is 0 Å². The molecule has 0 radical (unpaired) electrons. The molecule has 0 aliphatic carbocycles. The second-order valence-electron chi connectivity index (χ2n) is 3.66. The van der Waals surface area contributed by atoms with Crippen molar-refractivity contribution in [3.8, 4) is 0 Å². The molecule has 2 saturated heterocycles. The summed E-state index contributed by atoms with van der Waals surface area (Å²) in [5.74, 6) is 0.857. The SMILES string of the molecule is CNN1C[C@@H]2CC(=O)N(C)[C@@H]2C1. The van der Waals surface area contributed by atoms with Crippen molar-refractivity contribution in [3.63, 3.8) is 0 Å². The number of nitrogens with zero attached hydrogens (tertiary/aromatic N) is 2. The molecule has 0 saturated carbocycles. The molecule has 0 bridgehead atoms. The van der Waals surface area contributed by atoms with Gasteiger partial charge in [-0.05, 0) is 7.05 Å². The summed E-state index contributed by atoms with van der Waals surface area (Å²) in [6.45, 7) is 1.99. The van der Waals surface area contributed by atoms with Gasteiger partial charge in [0.15, 0.2) is 0 Å². The highest BCUT2D eigenvalue weighted by Gasteiger charge is 2.43. The van der Waals surface area contributed by atoms with Crippen molar-refractivity contribution in [2.24, 2.45) is 5.92 Å². The molecule has 0 spiro atoms. The highest BCUT2D eigenvalue weighted by Crippen LogP contribution is 2.29. The zero-order valence-electron chi connectivity index (χ0n) is 7.58. The number of likely N-dealkylation sites (tertiary alicyclic amines) is 1. The van der Waals surface area contributed by atoms with E-state index in [4.69, 9.17) is 0 Å². The first-order valence-electron chi connectivity index (χ1n) is 4.40. The van der Waals surface area contributed by atoms with Gasteiger partial charge in [-0.1, -0.05) is 0 Å². The molecule has 2 fully saturated rings. The second kappa shape index (κ2) is 2.71. The van der Waals surface area contributed by atoms with E-state index in [2.05, 4.69) is 10.4 Å². The van der Waals surface area contributed by atoms with Crippen molar-refractivity contribution in [2.75, 3.05) is 27.2 Å². The van der Waals surface area contributed by atoms with Gasteiger partial charge in [0.05, 0.1) is 6.04 Å². The van der Waals surface area contributed by atoms with E-state index < -0.39 is 0 Å². The summed E-state index contributed by atoms with van der Waals surface area (Å²) >= 11 is 0. The zero-order valence-corrected chi connectivity index (χ0v) is 7.58. The summed E-state index contributed by atoms with van der Waals surface area (Å²) in [6.07, 6.45) is 0.735. The van der Waals surface area contributed by atoms with Crippen LogP contribution in [-0.4, -0.2) is 49.0 Å².